The van der Waals surface area contributed by atoms with E-state index in [1.165, 1.54) is 0 Å². The maximum atomic E-state index is 12.6. The third-order valence-corrected chi connectivity index (χ3v) is 3.91. The van der Waals surface area contributed by atoms with Crippen LogP contribution in [-0.4, -0.2) is 5.78 Å². The van der Waals surface area contributed by atoms with E-state index < -0.39 is 5.41 Å². The molecule has 1 saturated carbocycles. The smallest absolute Gasteiger partial charge is 0.167 e. The van der Waals surface area contributed by atoms with Gasteiger partial charge in [0.2, 0.25) is 0 Å². The van der Waals surface area contributed by atoms with Gasteiger partial charge in [-0.05, 0) is 17.8 Å². The van der Waals surface area contributed by atoms with Crippen LogP contribution in [0.15, 0.2) is 11.9 Å². The highest BCUT2D eigenvalue weighted by Crippen LogP contribution is 2.50. The van der Waals surface area contributed by atoms with Gasteiger partial charge in [-0.1, -0.05) is 34.6 Å². The van der Waals surface area contributed by atoms with Gasteiger partial charge in [0.1, 0.15) is 0 Å². The van der Waals surface area contributed by atoms with E-state index in [4.69, 9.17) is 0 Å². The summed E-state index contributed by atoms with van der Waals surface area (Å²) in [5.41, 5.74) is -0.104. The minimum absolute atomic E-state index is 0.00463. The monoisotopic (exact) mass is 198 g/mol. The van der Waals surface area contributed by atoms with E-state index in [1.54, 1.807) is 0 Å². The fourth-order valence-corrected chi connectivity index (χ4v) is 2.40. The van der Waals surface area contributed by atoms with E-state index in [1.807, 2.05) is 13.8 Å². The molecule has 1 aliphatic rings. The summed E-state index contributed by atoms with van der Waals surface area (Å²) >= 11 is 0. The number of hydrogen-bond acceptors (Lipinski definition) is 1. The summed E-state index contributed by atoms with van der Waals surface area (Å²) in [6, 6.07) is 0. The summed E-state index contributed by atoms with van der Waals surface area (Å²) in [6.07, 6.45) is 1.03. The van der Waals surface area contributed by atoms with E-state index in [-0.39, 0.29) is 17.1 Å². The standard InChI is InChI=1S/C12H19FO/c1-8-11(2,3)6-9(7-13)10(14)12(8,4)5/h7-8H,6H2,1-5H3/b9-7+. The minimum Gasteiger partial charge on any atom is -0.294 e. The van der Waals surface area contributed by atoms with E-state index in [0.29, 0.717) is 18.3 Å². The highest BCUT2D eigenvalue weighted by molar-refractivity contribution is 6.00. The van der Waals surface area contributed by atoms with E-state index in [2.05, 4.69) is 20.8 Å². The maximum Gasteiger partial charge on any atom is 0.167 e. The zero-order chi connectivity index (χ0) is 11.1. The highest BCUT2D eigenvalue weighted by atomic mass is 19.1. The fraction of sp³-hybridized carbons (Fsp3) is 0.750. The van der Waals surface area contributed by atoms with Crippen LogP contribution in [0.25, 0.3) is 0 Å². The first-order valence-electron chi connectivity index (χ1n) is 5.07. The first-order valence-corrected chi connectivity index (χ1v) is 5.07. The molecular formula is C12H19FO. The molecule has 1 fully saturated rings. The van der Waals surface area contributed by atoms with Crippen molar-refractivity contribution >= 4 is 5.78 Å². The number of hydrogen-bond donors (Lipinski definition) is 0. The first kappa shape index (κ1) is 11.4. The van der Waals surface area contributed by atoms with Crippen LogP contribution in [0.5, 0.6) is 0 Å². The lowest BCUT2D eigenvalue weighted by Gasteiger charge is -2.46. The molecule has 0 aromatic rings. The van der Waals surface area contributed by atoms with Crippen molar-refractivity contribution in [2.45, 2.75) is 41.0 Å². The molecule has 0 spiro atoms. The van der Waals surface area contributed by atoms with Crippen LogP contribution in [0.3, 0.4) is 0 Å². The second-order valence-corrected chi connectivity index (χ2v) is 5.57. The predicted octanol–water partition coefficient (Wildman–Crippen LogP) is 3.50. The van der Waals surface area contributed by atoms with Gasteiger partial charge in [0.05, 0.1) is 6.33 Å². The molecule has 1 rings (SSSR count). The Bertz CT molecular complexity index is 287. The van der Waals surface area contributed by atoms with Crippen molar-refractivity contribution in [1.82, 2.24) is 0 Å². The summed E-state index contributed by atoms with van der Waals surface area (Å²) in [5, 5.41) is 0. The Balaban J connectivity index is 3.16. The third-order valence-electron chi connectivity index (χ3n) is 3.91. The number of Topliss-reactive ketones (excluding diaryl/α,β-unsaturated/α-hetero) is 1. The molecule has 0 radical (unpaired) electrons. The minimum atomic E-state index is -0.445. The molecule has 1 nitrogen and oxygen atoms in total. The molecule has 2 heteroatoms. The molecule has 0 amide bonds. The molecule has 0 aromatic heterocycles. The van der Waals surface area contributed by atoms with Gasteiger partial charge in [0, 0.05) is 11.0 Å². The number of carbonyl (C=O) groups is 1. The Morgan fingerprint density at radius 1 is 1.36 bits per heavy atom. The molecule has 1 atom stereocenters. The average Bonchev–Trinajstić information content (AvgIpc) is 2.09. The molecule has 14 heavy (non-hydrogen) atoms. The molecule has 0 N–H and O–H groups in total. The molecule has 0 aromatic carbocycles. The molecular weight excluding hydrogens is 179 g/mol. The van der Waals surface area contributed by atoms with Crippen LogP contribution in [0.1, 0.15) is 41.0 Å². The predicted molar refractivity (Wildman–Crippen MR) is 55.5 cm³/mol. The number of halogens is 1. The Morgan fingerprint density at radius 3 is 2.29 bits per heavy atom. The Morgan fingerprint density at radius 2 is 1.86 bits per heavy atom. The van der Waals surface area contributed by atoms with Crippen molar-refractivity contribution in [1.29, 1.82) is 0 Å². The summed E-state index contributed by atoms with van der Waals surface area (Å²) < 4.78 is 12.6. The third kappa shape index (κ3) is 1.51. The van der Waals surface area contributed by atoms with Gasteiger partial charge >= 0.3 is 0 Å². The van der Waals surface area contributed by atoms with Crippen molar-refractivity contribution < 1.29 is 9.18 Å². The van der Waals surface area contributed by atoms with Crippen LogP contribution in [0.4, 0.5) is 4.39 Å². The number of allylic oxidation sites excluding steroid dienone is 1. The first-order chi connectivity index (χ1) is 6.23. The van der Waals surface area contributed by atoms with Gasteiger partial charge in [-0.25, -0.2) is 4.39 Å². The van der Waals surface area contributed by atoms with Crippen molar-refractivity contribution in [2.75, 3.05) is 0 Å². The summed E-state index contributed by atoms with van der Waals surface area (Å²) in [6.45, 7) is 10.1. The zero-order valence-corrected chi connectivity index (χ0v) is 9.65. The molecule has 80 valence electrons. The highest BCUT2D eigenvalue weighted by Gasteiger charge is 2.48. The topological polar surface area (TPSA) is 17.1 Å². The number of carbonyl (C=O) groups excluding carboxylic acids is 1. The maximum absolute atomic E-state index is 12.6. The molecule has 1 unspecified atom stereocenters. The van der Waals surface area contributed by atoms with E-state index in [0.717, 1.165) is 0 Å². The number of rotatable bonds is 0. The van der Waals surface area contributed by atoms with Gasteiger partial charge < -0.3 is 0 Å². The van der Waals surface area contributed by atoms with Crippen molar-refractivity contribution in [2.24, 2.45) is 16.7 Å². The Kier molecular flexibility index (Phi) is 2.59. The summed E-state index contributed by atoms with van der Waals surface area (Å²) in [5.74, 6) is 0.234. The lowest BCUT2D eigenvalue weighted by atomic mass is 9.56. The fourth-order valence-electron chi connectivity index (χ4n) is 2.40. The van der Waals surface area contributed by atoms with Crippen LogP contribution in [0.2, 0.25) is 0 Å². The largest absolute Gasteiger partial charge is 0.294 e. The quantitative estimate of drug-likeness (QED) is 0.544. The van der Waals surface area contributed by atoms with Crippen molar-refractivity contribution in [3.63, 3.8) is 0 Å². The van der Waals surface area contributed by atoms with Gasteiger partial charge in [-0.3, -0.25) is 4.79 Å². The second-order valence-electron chi connectivity index (χ2n) is 5.57. The van der Waals surface area contributed by atoms with Gasteiger partial charge in [0.25, 0.3) is 0 Å². The normalized spacial score (nSPS) is 33.4. The van der Waals surface area contributed by atoms with Gasteiger partial charge in [-0.15, -0.1) is 0 Å². The zero-order valence-electron chi connectivity index (χ0n) is 9.65. The molecule has 0 bridgehead atoms. The Labute approximate surface area is 85.4 Å². The molecule has 1 aliphatic carbocycles. The Hall–Kier alpha value is -0.660. The van der Waals surface area contributed by atoms with Crippen molar-refractivity contribution in [3.05, 3.63) is 11.9 Å². The van der Waals surface area contributed by atoms with E-state index in [9.17, 15) is 9.18 Å². The van der Waals surface area contributed by atoms with Gasteiger partial charge in [0.15, 0.2) is 5.78 Å². The molecule has 0 aliphatic heterocycles. The van der Waals surface area contributed by atoms with Crippen LogP contribution < -0.4 is 0 Å². The second kappa shape index (κ2) is 3.18. The summed E-state index contributed by atoms with van der Waals surface area (Å²) in [4.78, 5) is 11.9. The SMILES string of the molecule is CC1C(C)(C)C/C(=C\F)C(=O)C1(C)C. The summed E-state index contributed by atoms with van der Waals surface area (Å²) in [7, 11) is 0. The van der Waals surface area contributed by atoms with Crippen molar-refractivity contribution in [3.8, 4) is 0 Å². The van der Waals surface area contributed by atoms with Crippen LogP contribution >= 0.6 is 0 Å². The lowest BCUT2D eigenvalue weighted by Crippen LogP contribution is -2.46. The molecule has 0 saturated heterocycles. The van der Waals surface area contributed by atoms with Crippen LogP contribution in [0, 0.1) is 16.7 Å². The van der Waals surface area contributed by atoms with Crippen LogP contribution in [-0.2, 0) is 4.79 Å². The average molecular weight is 198 g/mol. The van der Waals surface area contributed by atoms with Gasteiger partial charge in [-0.2, -0.15) is 0 Å². The van der Waals surface area contributed by atoms with E-state index >= 15 is 0 Å². The lowest BCUT2D eigenvalue weighted by molar-refractivity contribution is -0.132. The molecule has 0 heterocycles. The number of ketones is 1.